The molecule has 0 aliphatic carbocycles. The molecule has 1 aliphatic rings. The van der Waals surface area contributed by atoms with Crippen LogP contribution in [-0.4, -0.2) is 38.1 Å². The molecule has 0 N–H and O–H groups in total. The molecule has 1 unspecified atom stereocenters. The van der Waals surface area contributed by atoms with E-state index in [1.54, 1.807) is 25.6 Å². The lowest BCUT2D eigenvalue weighted by molar-refractivity contribution is 0.0854. The Hall–Kier alpha value is -4.56. The van der Waals surface area contributed by atoms with Crippen LogP contribution in [0.1, 0.15) is 53.2 Å². The minimum Gasteiger partial charge on any atom is -0.496 e. The van der Waals surface area contributed by atoms with Gasteiger partial charge in [-0.05, 0) is 110 Å². The lowest BCUT2D eigenvalue weighted by atomic mass is 9.97. The predicted molar refractivity (Wildman–Crippen MR) is 180 cm³/mol. The highest BCUT2D eigenvalue weighted by molar-refractivity contribution is 7.21. The summed E-state index contributed by atoms with van der Waals surface area (Å²) >= 11 is 1.71. The Bertz CT molecular complexity index is 1810. The SMILES string of the molecule is COc1ccc(C2CC(c3cc(C)c(C)c(OC)c3)=NO2)cc1OCCCCOc1ccc(-c2nc3ccccc3s2)cc1C. The minimum absolute atomic E-state index is 0.196. The predicted octanol–water partition coefficient (Wildman–Crippen LogP) is 9.01. The molecule has 0 saturated carbocycles. The number of para-hydroxylation sites is 1. The number of unbranched alkanes of at least 4 members (excludes halogenated alkanes) is 1. The summed E-state index contributed by atoms with van der Waals surface area (Å²) in [4.78, 5) is 10.6. The first kappa shape index (κ1) is 30.5. The average Bonchev–Trinajstić information content (AvgIpc) is 3.73. The van der Waals surface area contributed by atoms with Crippen molar-refractivity contribution in [3.63, 3.8) is 0 Å². The largest absolute Gasteiger partial charge is 0.496 e. The van der Waals surface area contributed by atoms with E-state index in [0.29, 0.717) is 31.1 Å². The van der Waals surface area contributed by atoms with E-state index in [2.05, 4.69) is 56.3 Å². The normalized spacial score (nSPS) is 14.2. The number of nitrogens with zero attached hydrogens (tertiary/aromatic N) is 2. The number of ether oxygens (including phenoxy) is 4. The number of hydrogen-bond acceptors (Lipinski definition) is 8. The van der Waals surface area contributed by atoms with Crippen molar-refractivity contribution >= 4 is 27.3 Å². The Morgan fingerprint density at radius 2 is 1.49 bits per heavy atom. The van der Waals surface area contributed by atoms with Crippen LogP contribution in [0.5, 0.6) is 23.0 Å². The summed E-state index contributed by atoms with van der Waals surface area (Å²) in [5.74, 6) is 3.14. The first-order chi connectivity index (χ1) is 21.9. The minimum atomic E-state index is -0.196. The fourth-order valence-electron chi connectivity index (χ4n) is 5.45. The van der Waals surface area contributed by atoms with Crippen LogP contribution >= 0.6 is 11.3 Å². The third kappa shape index (κ3) is 6.76. The van der Waals surface area contributed by atoms with Crippen LogP contribution in [0.3, 0.4) is 0 Å². The smallest absolute Gasteiger partial charge is 0.161 e. The van der Waals surface area contributed by atoms with Gasteiger partial charge in [0, 0.05) is 17.5 Å². The second-order valence-corrected chi connectivity index (χ2v) is 12.3. The third-order valence-electron chi connectivity index (χ3n) is 8.17. The molecule has 232 valence electrons. The Labute approximate surface area is 268 Å². The van der Waals surface area contributed by atoms with Gasteiger partial charge in [0.1, 0.15) is 16.5 Å². The number of hydrogen-bond donors (Lipinski definition) is 0. The lowest BCUT2D eigenvalue weighted by Crippen LogP contribution is -2.06. The maximum absolute atomic E-state index is 6.17. The number of methoxy groups -OCH3 is 2. The number of oxime groups is 1. The van der Waals surface area contributed by atoms with E-state index in [1.807, 2.05) is 42.5 Å². The quantitative estimate of drug-likeness (QED) is 0.129. The van der Waals surface area contributed by atoms with Crippen molar-refractivity contribution in [3.8, 4) is 33.6 Å². The van der Waals surface area contributed by atoms with Gasteiger partial charge in [-0.25, -0.2) is 4.98 Å². The number of fused-ring (bicyclic) bond motifs is 1. The molecular formula is C37H38N2O5S. The standard InChI is InChI=1S/C37H38N2O5S/c1-23-18-28(21-33(41-5)25(23)3)30-22-34(44-39-30)26-12-15-32(40-4)35(20-26)43-17-9-8-16-42-31-14-13-27(19-24(31)2)37-38-29-10-6-7-11-36(29)45-37/h6-7,10-15,18-21,34H,8-9,16-17,22H2,1-5H3. The fourth-order valence-corrected chi connectivity index (χ4v) is 6.41. The Balaban J connectivity index is 0.999. The molecule has 5 aromatic rings. The molecule has 6 rings (SSSR count). The van der Waals surface area contributed by atoms with Crippen LogP contribution < -0.4 is 18.9 Å². The number of thiazole rings is 1. The van der Waals surface area contributed by atoms with Crippen LogP contribution in [0, 0.1) is 20.8 Å². The van der Waals surface area contributed by atoms with E-state index in [4.69, 9.17) is 28.8 Å². The van der Waals surface area contributed by atoms with Gasteiger partial charge in [0.15, 0.2) is 17.6 Å². The molecule has 2 heterocycles. The number of benzene rings is 4. The highest BCUT2D eigenvalue weighted by Crippen LogP contribution is 2.37. The molecule has 8 heteroatoms. The Morgan fingerprint density at radius 3 is 2.24 bits per heavy atom. The number of aryl methyl sites for hydroxylation is 2. The van der Waals surface area contributed by atoms with E-state index < -0.39 is 0 Å². The Morgan fingerprint density at radius 1 is 0.756 bits per heavy atom. The van der Waals surface area contributed by atoms with Crippen LogP contribution in [0.15, 0.2) is 78.0 Å². The van der Waals surface area contributed by atoms with Gasteiger partial charge in [0.2, 0.25) is 0 Å². The summed E-state index contributed by atoms with van der Waals surface area (Å²) in [6.07, 6.45) is 2.18. The van der Waals surface area contributed by atoms with Crippen molar-refractivity contribution in [1.29, 1.82) is 0 Å². The molecular weight excluding hydrogens is 584 g/mol. The van der Waals surface area contributed by atoms with Gasteiger partial charge in [-0.3, -0.25) is 0 Å². The molecule has 45 heavy (non-hydrogen) atoms. The summed E-state index contributed by atoms with van der Waals surface area (Å²) in [5, 5.41) is 5.44. The fraction of sp³-hybridized carbons (Fsp3) is 0.297. The molecule has 0 saturated heterocycles. The summed E-state index contributed by atoms with van der Waals surface area (Å²) in [6.45, 7) is 7.38. The van der Waals surface area contributed by atoms with E-state index >= 15 is 0 Å². The zero-order chi connectivity index (χ0) is 31.3. The second-order valence-electron chi connectivity index (χ2n) is 11.2. The molecule has 7 nitrogen and oxygen atoms in total. The molecule has 0 spiro atoms. The second kappa shape index (κ2) is 13.6. The molecule has 1 atom stereocenters. The summed E-state index contributed by atoms with van der Waals surface area (Å²) < 4.78 is 24.6. The third-order valence-corrected chi connectivity index (χ3v) is 9.26. The van der Waals surface area contributed by atoms with Gasteiger partial charge >= 0.3 is 0 Å². The van der Waals surface area contributed by atoms with E-state index in [-0.39, 0.29) is 6.10 Å². The molecule has 0 fully saturated rings. The van der Waals surface area contributed by atoms with Crippen LogP contribution in [0.25, 0.3) is 20.8 Å². The topological polar surface area (TPSA) is 71.4 Å². The van der Waals surface area contributed by atoms with Crippen LogP contribution in [0.4, 0.5) is 0 Å². The molecule has 0 radical (unpaired) electrons. The highest BCUT2D eigenvalue weighted by atomic mass is 32.1. The van der Waals surface area contributed by atoms with Crippen molar-refractivity contribution in [2.24, 2.45) is 5.16 Å². The monoisotopic (exact) mass is 622 g/mol. The summed E-state index contributed by atoms with van der Waals surface area (Å²) in [6, 6.07) is 24.6. The highest BCUT2D eigenvalue weighted by Gasteiger charge is 2.26. The lowest BCUT2D eigenvalue weighted by Gasteiger charge is -2.15. The Kier molecular flexibility index (Phi) is 9.21. The maximum atomic E-state index is 6.17. The van der Waals surface area contributed by atoms with Gasteiger partial charge in [0.25, 0.3) is 0 Å². The molecule has 1 aromatic heterocycles. The van der Waals surface area contributed by atoms with Crippen LogP contribution in [0.2, 0.25) is 0 Å². The van der Waals surface area contributed by atoms with Gasteiger partial charge < -0.3 is 23.8 Å². The van der Waals surface area contributed by atoms with Crippen molar-refractivity contribution in [3.05, 3.63) is 101 Å². The van der Waals surface area contributed by atoms with Crippen molar-refractivity contribution in [1.82, 2.24) is 4.98 Å². The average molecular weight is 623 g/mol. The summed E-state index contributed by atoms with van der Waals surface area (Å²) in [5.41, 5.74) is 8.45. The van der Waals surface area contributed by atoms with Crippen molar-refractivity contribution in [2.45, 2.75) is 46.1 Å². The first-order valence-corrected chi connectivity index (χ1v) is 16.0. The summed E-state index contributed by atoms with van der Waals surface area (Å²) in [7, 11) is 3.35. The zero-order valence-electron chi connectivity index (χ0n) is 26.4. The molecule has 0 amide bonds. The molecule has 1 aliphatic heterocycles. The zero-order valence-corrected chi connectivity index (χ0v) is 27.2. The van der Waals surface area contributed by atoms with Gasteiger partial charge in [-0.1, -0.05) is 23.4 Å². The van der Waals surface area contributed by atoms with E-state index in [0.717, 1.165) is 74.0 Å². The first-order valence-electron chi connectivity index (χ1n) is 15.2. The van der Waals surface area contributed by atoms with Gasteiger partial charge in [0.05, 0.1) is 43.4 Å². The van der Waals surface area contributed by atoms with E-state index in [9.17, 15) is 0 Å². The van der Waals surface area contributed by atoms with Crippen molar-refractivity contribution in [2.75, 3.05) is 27.4 Å². The van der Waals surface area contributed by atoms with Gasteiger partial charge in [-0.2, -0.15) is 0 Å². The van der Waals surface area contributed by atoms with Crippen molar-refractivity contribution < 1.29 is 23.8 Å². The maximum Gasteiger partial charge on any atom is 0.161 e. The van der Waals surface area contributed by atoms with E-state index in [1.165, 1.54) is 4.70 Å². The van der Waals surface area contributed by atoms with Gasteiger partial charge in [-0.15, -0.1) is 11.3 Å². The number of rotatable bonds is 12. The number of aromatic nitrogens is 1. The van der Waals surface area contributed by atoms with Crippen LogP contribution in [-0.2, 0) is 4.84 Å². The molecule has 4 aromatic carbocycles. The molecule has 0 bridgehead atoms.